The molecule has 3 heteroatoms. The summed E-state index contributed by atoms with van der Waals surface area (Å²) < 4.78 is 5.48. The van der Waals surface area contributed by atoms with E-state index in [-0.39, 0.29) is 0 Å². The third-order valence-corrected chi connectivity index (χ3v) is 4.37. The van der Waals surface area contributed by atoms with Gasteiger partial charge in [-0.2, -0.15) is 0 Å². The van der Waals surface area contributed by atoms with Crippen molar-refractivity contribution in [2.24, 2.45) is 0 Å². The molecule has 0 saturated carbocycles. The molecule has 1 N–H and O–H groups in total. The van der Waals surface area contributed by atoms with Gasteiger partial charge in [0.2, 0.25) is 0 Å². The van der Waals surface area contributed by atoms with Crippen molar-refractivity contribution in [3.8, 4) is 11.5 Å². The van der Waals surface area contributed by atoms with E-state index in [0.29, 0.717) is 12.3 Å². The first-order valence-electron chi connectivity index (χ1n) is 7.28. The van der Waals surface area contributed by atoms with Crippen LogP contribution >= 0.6 is 0 Å². The summed E-state index contributed by atoms with van der Waals surface area (Å²) in [4.78, 5) is 2.17. The van der Waals surface area contributed by atoms with Gasteiger partial charge < -0.3 is 14.7 Å². The van der Waals surface area contributed by atoms with Crippen LogP contribution in [-0.2, 0) is 19.4 Å². The monoisotopic (exact) mass is 283 g/mol. The SMILES string of the molecule is COc1cc2c(O)c(c1C)CN(C)c1cccc(c1)CC2. The van der Waals surface area contributed by atoms with E-state index in [1.54, 1.807) is 7.11 Å². The highest BCUT2D eigenvalue weighted by molar-refractivity contribution is 5.57. The molecule has 4 bridgehead atoms. The van der Waals surface area contributed by atoms with Crippen molar-refractivity contribution >= 4 is 5.69 Å². The lowest BCUT2D eigenvalue weighted by molar-refractivity contribution is 0.405. The van der Waals surface area contributed by atoms with Gasteiger partial charge in [0, 0.05) is 24.8 Å². The first kappa shape index (κ1) is 13.8. The molecule has 1 aliphatic heterocycles. The van der Waals surface area contributed by atoms with E-state index in [0.717, 1.165) is 35.3 Å². The highest BCUT2D eigenvalue weighted by Crippen LogP contribution is 2.36. The Hall–Kier alpha value is -2.16. The number of hydrogen-bond donors (Lipinski definition) is 1. The van der Waals surface area contributed by atoms with Gasteiger partial charge in [0.25, 0.3) is 0 Å². The number of hydrogen-bond acceptors (Lipinski definition) is 3. The van der Waals surface area contributed by atoms with Gasteiger partial charge in [0.05, 0.1) is 7.11 Å². The van der Waals surface area contributed by atoms with Crippen LogP contribution < -0.4 is 9.64 Å². The summed E-state index contributed by atoms with van der Waals surface area (Å²) in [5.41, 5.74) is 5.41. The Labute approximate surface area is 125 Å². The van der Waals surface area contributed by atoms with Gasteiger partial charge in [-0.15, -0.1) is 0 Å². The van der Waals surface area contributed by atoms with Crippen molar-refractivity contribution < 1.29 is 9.84 Å². The maximum Gasteiger partial charge on any atom is 0.124 e. The Morgan fingerprint density at radius 2 is 2.00 bits per heavy atom. The molecule has 2 aromatic rings. The molecule has 0 atom stereocenters. The molecule has 21 heavy (non-hydrogen) atoms. The van der Waals surface area contributed by atoms with E-state index in [9.17, 15) is 5.11 Å². The maximum absolute atomic E-state index is 10.6. The number of ether oxygens (including phenoxy) is 1. The quantitative estimate of drug-likeness (QED) is 0.870. The molecule has 0 aliphatic carbocycles. The number of phenols is 1. The molecule has 1 heterocycles. The number of benzene rings is 2. The minimum absolute atomic E-state index is 0.422. The summed E-state index contributed by atoms with van der Waals surface area (Å²) in [6, 6.07) is 10.6. The predicted octanol–water partition coefficient (Wildman–Crippen LogP) is 3.44. The number of nitrogens with zero attached hydrogens (tertiary/aromatic N) is 1. The van der Waals surface area contributed by atoms with Crippen molar-refractivity contribution in [1.29, 1.82) is 0 Å². The van der Waals surface area contributed by atoms with Crippen LogP contribution in [0.5, 0.6) is 11.5 Å². The van der Waals surface area contributed by atoms with Crippen LogP contribution in [0, 0.1) is 6.92 Å². The summed E-state index contributed by atoms with van der Waals surface area (Å²) in [5.74, 6) is 1.28. The zero-order valence-corrected chi connectivity index (χ0v) is 12.8. The molecule has 0 radical (unpaired) electrons. The molecule has 0 amide bonds. The van der Waals surface area contributed by atoms with Gasteiger partial charge in [0.15, 0.2) is 0 Å². The topological polar surface area (TPSA) is 32.7 Å². The van der Waals surface area contributed by atoms with Gasteiger partial charge in [-0.1, -0.05) is 12.1 Å². The number of aryl methyl sites for hydroxylation is 2. The van der Waals surface area contributed by atoms with Crippen LogP contribution in [-0.4, -0.2) is 19.3 Å². The highest BCUT2D eigenvalue weighted by atomic mass is 16.5. The van der Waals surface area contributed by atoms with Crippen LogP contribution in [0.25, 0.3) is 0 Å². The van der Waals surface area contributed by atoms with Gasteiger partial charge in [-0.25, -0.2) is 0 Å². The van der Waals surface area contributed by atoms with Crippen molar-refractivity contribution in [1.82, 2.24) is 0 Å². The summed E-state index contributed by atoms with van der Waals surface area (Å²) >= 11 is 0. The summed E-state index contributed by atoms with van der Waals surface area (Å²) in [7, 11) is 3.74. The first-order chi connectivity index (χ1) is 10.1. The van der Waals surface area contributed by atoms with E-state index in [4.69, 9.17) is 4.74 Å². The molecule has 1 aliphatic rings. The number of aromatic hydroxyl groups is 1. The summed E-state index contributed by atoms with van der Waals surface area (Å²) in [6.45, 7) is 2.68. The Morgan fingerprint density at radius 1 is 1.19 bits per heavy atom. The second-order valence-electron chi connectivity index (χ2n) is 5.72. The summed E-state index contributed by atoms with van der Waals surface area (Å²) in [6.07, 6.45) is 1.74. The van der Waals surface area contributed by atoms with Crippen LogP contribution in [0.4, 0.5) is 5.69 Å². The molecule has 0 aromatic heterocycles. The maximum atomic E-state index is 10.6. The van der Waals surface area contributed by atoms with E-state index in [1.165, 1.54) is 11.3 Å². The van der Waals surface area contributed by atoms with Crippen molar-refractivity contribution in [3.63, 3.8) is 0 Å². The van der Waals surface area contributed by atoms with Gasteiger partial charge in [0.1, 0.15) is 11.5 Å². The Bertz CT molecular complexity index is 679. The number of methoxy groups -OCH3 is 1. The highest BCUT2D eigenvalue weighted by Gasteiger charge is 2.18. The smallest absolute Gasteiger partial charge is 0.124 e. The lowest BCUT2D eigenvalue weighted by Crippen LogP contribution is -2.18. The van der Waals surface area contributed by atoms with E-state index in [1.807, 2.05) is 13.0 Å². The standard InChI is InChI=1S/C18H21NO2/c1-12-16-11-19(2)15-6-4-5-13(9-15)7-8-14(18(16)20)10-17(12)21-3/h4-6,9-10,20H,7-8,11H2,1-3H3. The first-order valence-corrected chi connectivity index (χ1v) is 7.28. The molecule has 3 rings (SSSR count). The molecule has 0 unspecified atom stereocenters. The lowest BCUT2D eigenvalue weighted by Gasteiger charge is -2.25. The van der Waals surface area contributed by atoms with Crippen LogP contribution in [0.15, 0.2) is 30.3 Å². The normalized spacial score (nSPS) is 14.0. The van der Waals surface area contributed by atoms with E-state index < -0.39 is 0 Å². The van der Waals surface area contributed by atoms with Gasteiger partial charge in [-0.3, -0.25) is 0 Å². The number of fused-ring (bicyclic) bond motifs is 4. The molecule has 0 saturated heterocycles. The van der Waals surface area contributed by atoms with Crippen LogP contribution in [0.1, 0.15) is 22.3 Å². The molecule has 0 fully saturated rings. The van der Waals surface area contributed by atoms with Crippen molar-refractivity contribution in [3.05, 3.63) is 52.6 Å². The van der Waals surface area contributed by atoms with E-state index >= 15 is 0 Å². The minimum Gasteiger partial charge on any atom is -0.507 e. The van der Waals surface area contributed by atoms with Crippen LogP contribution in [0.2, 0.25) is 0 Å². The third kappa shape index (κ3) is 2.44. The minimum atomic E-state index is 0.422. The predicted molar refractivity (Wildman–Crippen MR) is 85.4 cm³/mol. The second kappa shape index (κ2) is 5.32. The zero-order valence-electron chi connectivity index (χ0n) is 12.8. The Kier molecular flexibility index (Phi) is 3.50. The van der Waals surface area contributed by atoms with Gasteiger partial charge >= 0.3 is 0 Å². The zero-order chi connectivity index (χ0) is 15.0. The number of phenolic OH excluding ortho intramolecular Hbond substituents is 1. The van der Waals surface area contributed by atoms with Crippen molar-refractivity contribution in [2.75, 3.05) is 19.1 Å². The molecule has 3 nitrogen and oxygen atoms in total. The fourth-order valence-electron chi connectivity index (χ4n) is 3.01. The van der Waals surface area contributed by atoms with Crippen LogP contribution in [0.3, 0.4) is 0 Å². The second-order valence-corrected chi connectivity index (χ2v) is 5.72. The summed E-state index contributed by atoms with van der Waals surface area (Å²) in [5, 5.41) is 10.6. The molecule has 2 aromatic carbocycles. The number of rotatable bonds is 1. The fraction of sp³-hybridized carbons (Fsp3) is 0.333. The lowest BCUT2D eigenvalue weighted by atomic mass is 9.95. The Morgan fingerprint density at radius 3 is 2.76 bits per heavy atom. The molecule has 0 spiro atoms. The molecule has 110 valence electrons. The molecular weight excluding hydrogens is 262 g/mol. The van der Waals surface area contributed by atoms with Gasteiger partial charge in [-0.05, 0) is 54.7 Å². The van der Waals surface area contributed by atoms with E-state index in [2.05, 4.69) is 36.2 Å². The fourth-order valence-corrected chi connectivity index (χ4v) is 3.01. The largest absolute Gasteiger partial charge is 0.507 e. The average molecular weight is 283 g/mol. The Balaban J connectivity index is 2.15. The van der Waals surface area contributed by atoms with Crippen molar-refractivity contribution in [2.45, 2.75) is 26.3 Å². The average Bonchev–Trinajstić information content (AvgIpc) is 2.50. The third-order valence-electron chi connectivity index (χ3n) is 4.37. The number of anilines is 1. The molecular formula is C18H21NO2.